The quantitative estimate of drug-likeness (QED) is 0.782. The summed E-state index contributed by atoms with van der Waals surface area (Å²) in [6.07, 6.45) is 0.572. The summed E-state index contributed by atoms with van der Waals surface area (Å²) >= 11 is 0. The molecule has 1 fully saturated rings. The van der Waals surface area contributed by atoms with Gasteiger partial charge in [0.25, 0.3) is 0 Å². The number of nitrogens with zero attached hydrogens (tertiary/aromatic N) is 3. The molecule has 0 bridgehead atoms. The molecule has 1 aromatic carbocycles. The van der Waals surface area contributed by atoms with Crippen LogP contribution >= 0.6 is 0 Å². The predicted molar refractivity (Wildman–Crippen MR) is 113 cm³/mol. The zero-order valence-electron chi connectivity index (χ0n) is 17.7. The van der Waals surface area contributed by atoms with Crippen molar-refractivity contribution < 1.29 is 13.2 Å². The summed E-state index contributed by atoms with van der Waals surface area (Å²) in [5.74, 6) is -0.239. The Bertz CT molecular complexity index is 980. The maximum Gasteiger partial charge on any atom is 0.239 e. The third-order valence-electron chi connectivity index (χ3n) is 5.35. The van der Waals surface area contributed by atoms with E-state index in [-0.39, 0.29) is 23.6 Å². The highest BCUT2D eigenvalue weighted by Crippen LogP contribution is 2.24. The van der Waals surface area contributed by atoms with Gasteiger partial charge in [-0.2, -0.15) is 9.40 Å². The van der Waals surface area contributed by atoms with Crippen molar-refractivity contribution in [3.63, 3.8) is 0 Å². The average molecular weight is 419 g/mol. The summed E-state index contributed by atoms with van der Waals surface area (Å²) < 4.78 is 27.9. The zero-order valence-corrected chi connectivity index (χ0v) is 18.5. The SMILES string of the molecule is Cc1cc(C)n(-c2ccc([C@H](C)NC(=O)[C@@H](C(C)C)N3CCCS3(=O)=O)cc2)n1. The second-order valence-corrected chi connectivity index (χ2v) is 10.2. The van der Waals surface area contributed by atoms with Gasteiger partial charge in [0.15, 0.2) is 0 Å². The Hall–Kier alpha value is -2.19. The van der Waals surface area contributed by atoms with E-state index < -0.39 is 16.1 Å². The Morgan fingerprint density at radius 1 is 1.14 bits per heavy atom. The fraction of sp³-hybridized carbons (Fsp3) is 0.524. The fourth-order valence-corrected chi connectivity index (χ4v) is 5.73. The number of amides is 1. The van der Waals surface area contributed by atoms with E-state index >= 15 is 0 Å². The summed E-state index contributed by atoms with van der Waals surface area (Å²) in [6.45, 7) is 10.0. The molecule has 2 atom stereocenters. The number of hydrogen-bond acceptors (Lipinski definition) is 4. The largest absolute Gasteiger partial charge is 0.348 e. The molecule has 158 valence electrons. The van der Waals surface area contributed by atoms with Crippen molar-refractivity contribution in [1.82, 2.24) is 19.4 Å². The average Bonchev–Trinajstić information content (AvgIpc) is 3.15. The Kier molecular flexibility index (Phi) is 6.14. The lowest BCUT2D eigenvalue weighted by Gasteiger charge is -2.29. The third kappa shape index (κ3) is 4.53. The molecule has 3 rings (SSSR count). The van der Waals surface area contributed by atoms with Gasteiger partial charge in [-0.25, -0.2) is 13.1 Å². The number of carbonyl (C=O) groups excluding carboxylic acids is 1. The number of benzene rings is 1. The molecule has 1 saturated heterocycles. The van der Waals surface area contributed by atoms with Crippen LogP contribution in [0.5, 0.6) is 0 Å². The maximum absolute atomic E-state index is 12.9. The first-order valence-corrected chi connectivity index (χ1v) is 11.6. The number of rotatable bonds is 6. The van der Waals surface area contributed by atoms with Crippen LogP contribution in [0, 0.1) is 19.8 Å². The molecule has 1 aliphatic heterocycles. The molecule has 0 aliphatic carbocycles. The highest BCUT2D eigenvalue weighted by molar-refractivity contribution is 7.89. The summed E-state index contributed by atoms with van der Waals surface area (Å²) in [5.41, 5.74) is 3.93. The number of sulfonamides is 1. The second kappa shape index (κ2) is 8.28. The molecule has 2 heterocycles. The zero-order chi connectivity index (χ0) is 21.3. The van der Waals surface area contributed by atoms with E-state index in [0.717, 1.165) is 22.6 Å². The Morgan fingerprint density at radius 3 is 2.28 bits per heavy atom. The summed E-state index contributed by atoms with van der Waals surface area (Å²) in [7, 11) is -3.35. The van der Waals surface area contributed by atoms with Gasteiger partial charge in [0.05, 0.1) is 23.2 Å². The molecule has 7 nitrogen and oxygen atoms in total. The van der Waals surface area contributed by atoms with Crippen molar-refractivity contribution >= 4 is 15.9 Å². The van der Waals surface area contributed by atoms with Gasteiger partial charge in [-0.15, -0.1) is 0 Å². The minimum atomic E-state index is -3.35. The molecule has 1 amide bonds. The maximum atomic E-state index is 12.9. The van der Waals surface area contributed by atoms with Gasteiger partial charge in [0, 0.05) is 12.2 Å². The fourth-order valence-electron chi connectivity index (χ4n) is 3.91. The van der Waals surface area contributed by atoms with Crippen molar-refractivity contribution in [2.75, 3.05) is 12.3 Å². The standard InChI is InChI=1S/C21H30N4O3S/c1-14(2)20(24-11-6-12-29(24,27)28)21(26)22-17(5)18-7-9-19(10-8-18)25-16(4)13-15(3)23-25/h7-10,13-14,17,20H,6,11-12H2,1-5H3,(H,22,26)/t17-,20+/m0/s1. The lowest BCUT2D eigenvalue weighted by Crippen LogP contribution is -2.50. The highest BCUT2D eigenvalue weighted by Gasteiger charge is 2.40. The van der Waals surface area contributed by atoms with E-state index in [9.17, 15) is 13.2 Å². The summed E-state index contributed by atoms with van der Waals surface area (Å²) in [4.78, 5) is 12.9. The number of aryl methyl sites for hydroxylation is 2. The van der Waals surface area contributed by atoms with Gasteiger partial charge in [-0.3, -0.25) is 4.79 Å². The van der Waals surface area contributed by atoms with Crippen molar-refractivity contribution in [2.24, 2.45) is 5.92 Å². The first-order chi connectivity index (χ1) is 13.6. The van der Waals surface area contributed by atoms with E-state index in [1.807, 2.05) is 69.6 Å². The van der Waals surface area contributed by atoms with Crippen LogP contribution in [0.15, 0.2) is 30.3 Å². The van der Waals surface area contributed by atoms with E-state index in [1.54, 1.807) is 0 Å². The molecule has 1 aliphatic rings. The van der Waals surface area contributed by atoms with Gasteiger partial charge in [0.1, 0.15) is 6.04 Å². The van der Waals surface area contributed by atoms with Crippen LogP contribution in [0.2, 0.25) is 0 Å². The molecule has 29 heavy (non-hydrogen) atoms. The van der Waals surface area contributed by atoms with Crippen molar-refractivity contribution in [1.29, 1.82) is 0 Å². The van der Waals surface area contributed by atoms with Crippen LogP contribution in [0.1, 0.15) is 50.2 Å². The molecule has 2 aromatic rings. The van der Waals surface area contributed by atoms with E-state index in [2.05, 4.69) is 10.4 Å². The van der Waals surface area contributed by atoms with Crippen LogP contribution in [-0.4, -0.2) is 46.8 Å². The molecule has 0 radical (unpaired) electrons. The van der Waals surface area contributed by atoms with Gasteiger partial charge >= 0.3 is 0 Å². The topological polar surface area (TPSA) is 84.3 Å². The Morgan fingerprint density at radius 2 is 1.79 bits per heavy atom. The third-order valence-corrected chi connectivity index (χ3v) is 7.28. The van der Waals surface area contributed by atoms with Crippen LogP contribution in [0.4, 0.5) is 0 Å². The summed E-state index contributed by atoms with van der Waals surface area (Å²) in [5, 5.41) is 7.49. The number of carbonyl (C=O) groups is 1. The van der Waals surface area contributed by atoms with E-state index in [1.165, 1.54) is 4.31 Å². The normalized spacial score (nSPS) is 18.7. The van der Waals surface area contributed by atoms with Crippen LogP contribution < -0.4 is 5.32 Å². The van der Waals surface area contributed by atoms with Crippen LogP contribution in [0.3, 0.4) is 0 Å². The first-order valence-electron chi connectivity index (χ1n) is 10.0. The molecule has 0 spiro atoms. The van der Waals surface area contributed by atoms with Gasteiger partial charge in [-0.1, -0.05) is 26.0 Å². The van der Waals surface area contributed by atoms with Gasteiger partial charge in [-0.05, 0) is 56.9 Å². The van der Waals surface area contributed by atoms with Gasteiger partial charge < -0.3 is 5.32 Å². The van der Waals surface area contributed by atoms with E-state index in [0.29, 0.717) is 13.0 Å². The molecule has 1 aromatic heterocycles. The monoisotopic (exact) mass is 418 g/mol. The van der Waals surface area contributed by atoms with Crippen LogP contribution in [-0.2, 0) is 14.8 Å². The van der Waals surface area contributed by atoms with Crippen molar-refractivity contribution in [2.45, 2.75) is 53.1 Å². The predicted octanol–water partition coefficient (Wildman–Crippen LogP) is 2.73. The number of nitrogens with one attached hydrogen (secondary N) is 1. The number of hydrogen-bond donors (Lipinski definition) is 1. The van der Waals surface area contributed by atoms with Gasteiger partial charge in [0.2, 0.25) is 15.9 Å². The number of aromatic nitrogens is 2. The Labute approximate surface area is 173 Å². The molecule has 0 unspecified atom stereocenters. The van der Waals surface area contributed by atoms with Crippen LogP contribution in [0.25, 0.3) is 5.69 Å². The molecule has 0 saturated carbocycles. The smallest absolute Gasteiger partial charge is 0.239 e. The molecular weight excluding hydrogens is 388 g/mol. The van der Waals surface area contributed by atoms with Crippen molar-refractivity contribution in [3.05, 3.63) is 47.3 Å². The lowest BCUT2D eigenvalue weighted by atomic mass is 10.0. The lowest BCUT2D eigenvalue weighted by molar-refractivity contribution is -0.126. The second-order valence-electron chi connectivity index (χ2n) is 8.13. The van der Waals surface area contributed by atoms with Crippen molar-refractivity contribution in [3.8, 4) is 5.69 Å². The molecule has 1 N–H and O–H groups in total. The highest BCUT2D eigenvalue weighted by atomic mass is 32.2. The first kappa shape index (κ1) is 21.5. The minimum absolute atomic E-state index is 0.108. The Balaban J connectivity index is 1.74. The molecule has 8 heteroatoms. The molecular formula is C21H30N4O3S. The van der Waals surface area contributed by atoms with E-state index in [4.69, 9.17) is 0 Å². The summed E-state index contributed by atoms with van der Waals surface area (Å²) in [6, 6.07) is 8.99. The minimum Gasteiger partial charge on any atom is -0.348 e.